The van der Waals surface area contributed by atoms with E-state index in [-0.39, 0.29) is 11.8 Å². The molecular weight excluding hydrogens is 302 g/mol. The molecule has 24 heavy (non-hydrogen) atoms. The minimum atomic E-state index is -0.170. The largest absolute Gasteiger partial charge is 0.352 e. The zero-order valence-electron chi connectivity index (χ0n) is 14.1. The Bertz CT molecular complexity index is 667. The van der Waals surface area contributed by atoms with Crippen LogP contribution in [0, 0.1) is 0 Å². The molecule has 0 radical (unpaired) electrons. The molecule has 0 fully saturated rings. The van der Waals surface area contributed by atoms with Crippen LogP contribution in [-0.4, -0.2) is 43.9 Å². The zero-order valence-corrected chi connectivity index (χ0v) is 14.1. The highest BCUT2D eigenvalue weighted by atomic mass is 16.2. The van der Waals surface area contributed by atoms with E-state index in [4.69, 9.17) is 0 Å². The molecule has 0 aromatic heterocycles. The second-order valence-electron chi connectivity index (χ2n) is 5.81. The zero-order chi connectivity index (χ0) is 17.4. The number of hydrogen-bond donors (Lipinski definition) is 2. The fraction of sp³-hybridized carbons (Fsp3) is 0.263. The SMILES string of the molecule is CN(C)CCCNC(=O)c1ccc(NC(=O)c2ccccc2)cc1. The topological polar surface area (TPSA) is 61.4 Å². The third-order valence-electron chi connectivity index (χ3n) is 3.51. The summed E-state index contributed by atoms with van der Waals surface area (Å²) < 4.78 is 0. The van der Waals surface area contributed by atoms with Gasteiger partial charge in [0.1, 0.15) is 0 Å². The highest BCUT2D eigenvalue weighted by Crippen LogP contribution is 2.11. The van der Waals surface area contributed by atoms with Crippen LogP contribution in [0.15, 0.2) is 54.6 Å². The van der Waals surface area contributed by atoms with Crippen molar-refractivity contribution in [3.63, 3.8) is 0 Å². The molecule has 2 aromatic rings. The smallest absolute Gasteiger partial charge is 0.255 e. The summed E-state index contributed by atoms with van der Waals surface area (Å²) >= 11 is 0. The van der Waals surface area contributed by atoms with E-state index in [9.17, 15) is 9.59 Å². The number of nitrogens with zero attached hydrogens (tertiary/aromatic N) is 1. The monoisotopic (exact) mass is 325 g/mol. The van der Waals surface area contributed by atoms with Crippen molar-refractivity contribution in [2.24, 2.45) is 0 Å². The van der Waals surface area contributed by atoms with E-state index >= 15 is 0 Å². The summed E-state index contributed by atoms with van der Waals surface area (Å²) in [6.07, 6.45) is 0.907. The highest BCUT2D eigenvalue weighted by molar-refractivity contribution is 6.04. The summed E-state index contributed by atoms with van der Waals surface area (Å²) in [4.78, 5) is 26.2. The van der Waals surface area contributed by atoms with Crippen molar-refractivity contribution in [3.8, 4) is 0 Å². The second-order valence-corrected chi connectivity index (χ2v) is 5.81. The van der Waals surface area contributed by atoms with Gasteiger partial charge in [0, 0.05) is 23.4 Å². The van der Waals surface area contributed by atoms with Gasteiger partial charge < -0.3 is 15.5 Å². The van der Waals surface area contributed by atoms with Crippen molar-refractivity contribution in [1.82, 2.24) is 10.2 Å². The molecule has 2 aromatic carbocycles. The van der Waals surface area contributed by atoms with Gasteiger partial charge >= 0.3 is 0 Å². The Kier molecular flexibility index (Phi) is 6.51. The standard InChI is InChI=1S/C19H23N3O2/c1-22(2)14-6-13-20-18(23)16-9-11-17(12-10-16)21-19(24)15-7-4-3-5-8-15/h3-5,7-12H,6,13-14H2,1-2H3,(H,20,23)(H,21,24). The van der Waals surface area contributed by atoms with E-state index in [1.807, 2.05) is 32.3 Å². The lowest BCUT2D eigenvalue weighted by Gasteiger charge is -2.10. The van der Waals surface area contributed by atoms with E-state index in [1.165, 1.54) is 0 Å². The number of amides is 2. The molecule has 0 spiro atoms. The van der Waals surface area contributed by atoms with E-state index in [1.54, 1.807) is 36.4 Å². The lowest BCUT2D eigenvalue weighted by molar-refractivity contribution is 0.0951. The van der Waals surface area contributed by atoms with E-state index in [0.29, 0.717) is 23.4 Å². The Hall–Kier alpha value is -2.66. The average Bonchev–Trinajstić information content (AvgIpc) is 2.59. The van der Waals surface area contributed by atoms with Gasteiger partial charge in [0.05, 0.1) is 0 Å². The fourth-order valence-corrected chi connectivity index (χ4v) is 2.20. The van der Waals surface area contributed by atoms with Crippen LogP contribution in [0.1, 0.15) is 27.1 Å². The maximum Gasteiger partial charge on any atom is 0.255 e. The number of carbonyl (C=O) groups excluding carboxylic acids is 2. The molecular formula is C19H23N3O2. The minimum absolute atomic E-state index is 0.102. The molecule has 126 valence electrons. The average molecular weight is 325 g/mol. The molecule has 0 heterocycles. The minimum Gasteiger partial charge on any atom is -0.352 e. The van der Waals surface area contributed by atoms with Gasteiger partial charge in [-0.15, -0.1) is 0 Å². The molecule has 2 amide bonds. The first-order chi connectivity index (χ1) is 11.6. The first kappa shape index (κ1) is 17.7. The Balaban J connectivity index is 1.86. The van der Waals surface area contributed by atoms with Gasteiger partial charge in [-0.2, -0.15) is 0 Å². The number of rotatable bonds is 7. The maximum atomic E-state index is 12.1. The molecule has 0 aliphatic carbocycles. The highest BCUT2D eigenvalue weighted by Gasteiger charge is 2.07. The molecule has 0 saturated heterocycles. The van der Waals surface area contributed by atoms with Gasteiger partial charge in [-0.25, -0.2) is 0 Å². The van der Waals surface area contributed by atoms with Gasteiger partial charge in [-0.3, -0.25) is 9.59 Å². The fourth-order valence-electron chi connectivity index (χ4n) is 2.20. The van der Waals surface area contributed by atoms with Crippen LogP contribution in [0.4, 0.5) is 5.69 Å². The molecule has 2 rings (SSSR count). The summed E-state index contributed by atoms with van der Waals surface area (Å²) in [7, 11) is 4.01. The maximum absolute atomic E-state index is 12.1. The van der Waals surface area contributed by atoms with Crippen LogP contribution >= 0.6 is 0 Å². The van der Waals surface area contributed by atoms with Crippen LogP contribution < -0.4 is 10.6 Å². The van der Waals surface area contributed by atoms with Crippen molar-refractivity contribution in [2.45, 2.75) is 6.42 Å². The van der Waals surface area contributed by atoms with Crippen molar-refractivity contribution < 1.29 is 9.59 Å². The third-order valence-corrected chi connectivity index (χ3v) is 3.51. The molecule has 0 unspecified atom stereocenters. The molecule has 0 bridgehead atoms. The van der Waals surface area contributed by atoms with E-state index in [0.717, 1.165) is 13.0 Å². The van der Waals surface area contributed by atoms with Crippen LogP contribution in [0.25, 0.3) is 0 Å². The molecule has 0 aliphatic rings. The second kappa shape index (κ2) is 8.84. The lowest BCUT2D eigenvalue weighted by atomic mass is 10.1. The first-order valence-electron chi connectivity index (χ1n) is 7.95. The van der Waals surface area contributed by atoms with Gasteiger partial charge in [-0.05, 0) is 63.5 Å². The number of carbonyl (C=O) groups is 2. The van der Waals surface area contributed by atoms with Gasteiger partial charge in [0.2, 0.25) is 0 Å². The van der Waals surface area contributed by atoms with E-state index in [2.05, 4.69) is 15.5 Å². The Morgan fingerprint density at radius 2 is 1.50 bits per heavy atom. The summed E-state index contributed by atoms with van der Waals surface area (Å²) in [6.45, 7) is 1.58. The van der Waals surface area contributed by atoms with Crippen molar-refractivity contribution >= 4 is 17.5 Å². The number of benzene rings is 2. The van der Waals surface area contributed by atoms with Crippen molar-refractivity contribution in [1.29, 1.82) is 0 Å². The third kappa shape index (κ3) is 5.52. The predicted molar refractivity (Wildman–Crippen MR) is 96.3 cm³/mol. The number of hydrogen-bond acceptors (Lipinski definition) is 3. The Morgan fingerprint density at radius 3 is 2.12 bits per heavy atom. The molecule has 0 atom stereocenters. The van der Waals surface area contributed by atoms with Crippen LogP contribution in [-0.2, 0) is 0 Å². The molecule has 0 aliphatic heterocycles. The Morgan fingerprint density at radius 1 is 0.875 bits per heavy atom. The first-order valence-corrected chi connectivity index (χ1v) is 7.95. The van der Waals surface area contributed by atoms with E-state index < -0.39 is 0 Å². The summed E-state index contributed by atoms with van der Waals surface area (Å²) in [6, 6.07) is 15.9. The van der Waals surface area contributed by atoms with Crippen molar-refractivity contribution in [2.75, 3.05) is 32.5 Å². The number of anilines is 1. The normalized spacial score (nSPS) is 10.5. The lowest BCUT2D eigenvalue weighted by Crippen LogP contribution is -2.27. The number of nitrogens with one attached hydrogen (secondary N) is 2. The molecule has 2 N–H and O–H groups in total. The molecule has 5 heteroatoms. The predicted octanol–water partition coefficient (Wildman–Crippen LogP) is 2.62. The van der Waals surface area contributed by atoms with Gasteiger partial charge in [-0.1, -0.05) is 18.2 Å². The molecule has 0 saturated carbocycles. The van der Waals surface area contributed by atoms with Crippen LogP contribution in [0.3, 0.4) is 0 Å². The van der Waals surface area contributed by atoms with Crippen LogP contribution in [0.5, 0.6) is 0 Å². The summed E-state index contributed by atoms with van der Waals surface area (Å²) in [5.41, 5.74) is 1.84. The summed E-state index contributed by atoms with van der Waals surface area (Å²) in [5.74, 6) is -0.272. The quantitative estimate of drug-likeness (QED) is 0.769. The van der Waals surface area contributed by atoms with Crippen LogP contribution in [0.2, 0.25) is 0 Å². The van der Waals surface area contributed by atoms with Gasteiger partial charge in [0.15, 0.2) is 0 Å². The summed E-state index contributed by atoms with van der Waals surface area (Å²) in [5, 5.41) is 5.70. The molecule has 5 nitrogen and oxygen atoms in total. The Labute approximate surface area is 142 Å². The van der Waals surface area contributed by atoms with Crippen molar-refractivity contribution in [3.05, 3.63) is 65.7 Å². The van der Waals surface area contributed by atoms with Gasteiger partial charge in [0.25, 0.3) is 11.8 Å².